The Morgan fingerprint density at radius 3 is 2.50 bits per heavy atom. The van der Waals surface area contributed by atoms with Crippen molar-refractivity contribution in [3.05, 3.63) is 12.7 Å². The van der Waals surface area contributed by atoms with E-state index in [-0.39, 0.29) is 0 Å². The lowest BCUT2D eigenvalue weighted by molar-refractivity contribution is 0.674. The smallest absolute Gasteiger partial charge is 0.0525 e. The maximum Gasteiger partial charge on any atom is -0.0525 e. The van der Waals surface area contributed by atoms with Gasteiger partial charge in [-0.15, -0.1) is 0 Å². The molecule has 8 heavy (non-hydrogen) atoms. The molecule has 0 saturated carbocycles. The van der Waals surface area contributed by atoms with Crippen molar-refractivity contribution >= 4 is 0 Å². The van der Waals surface area contributed by atoms with Gasteiger partial charge in [-0.1, -0.05) is 39.0 Å². The van der Waals surface area contributed by atoms with Crippen LogP contribution in [0.25, 0.3) is 0 Å². The number of unbranched alkanes of at least 4 members (excludes halogenated alkanes) is 4. The van der Waals surface area contributed by atoms with E-state index in [2.05, 4.69) is 6.92 Å². The van der Waals surface area contributed by atoms with Crippen LogP contribution in [0.5, 0.6) is 0 Å². The van der Waals surface area contributed by atoms with E-state index in [1.807, 2.05) is 0 Å². The Bertz CT molecular complexity index is 46.0. The van der Waals surface area contributed by atoms with Gasteiger partial charge in [-0.2, -0.15) is 0 Å². The molecule has 0 radical (unpaired) electrons. The van der Waals surface area contributed by atoms with Crippen LogP contribution in [-0.4, -0.2) is 0 Å². The lowest BCUT2D eigenvalue weighted by atomic mass is 10.2. The molecule has 0 aromatic rings. The van der Waals surface area contributed by atoms with E-state index in [0.29, 0.717) is 0 Å². The summed E-state index contributed by atoms with van der Waals surface area (Å²) in [6.07, 6.45) is 8.10. The van der Waals surface area contributed by atoms with Gasteiger partial charge in [0, 0.05) is 0 Å². The van der Waals surface area contributed by atoms with Crippen LogP contribution in [0, 0.1) is 6.58 Å². The van der Waals surface area contributed by atoms with Crippen LogP contribution >= 0.6 is 0 Å². The second-order valence-electron chi connectivity index (χ2n) is 2.09. The molecular formula is C8H15-. The molecule has 0 fully saturated rings. The summed E-state index contributed by atoms with van der Waals surface area (Å²) in [5.74, 6) is 0. The third kappa shape index (κ3) is 5.74. The van der Waals surface area contributed by atoms with Crippen LogP contribution in [-0.2, 0) is 0 Å². The van der Waals surface area contributed by atoms with E-state index in [1.165, 1.54) is 25.7 Å². The standard InChI is InChI=1S/C8H15/c1-3-5-7-8-6-4-2/h1,3H,4-8H2,2H3/q-1. The summed E-state index contributed by atoms with van der Waals surface area (Å²) in [5.41, 5.74) is 0. The Morgan fingerprint density at radius 1 is 1.25 bits per heavy atom. The molecule has 0 heteroatoms. The minimum absolute atomic E-state index is 1.08. The molecule has 0 amide bonds. The molecule has 0 aromatic carbocycles. The van der Waals surface area contributed by atoms with Gasteiger partial charge in [-0.05, 0) is 0 Å². The van der Waals surface area contributed by atoms with Crippen molar-refractivity contribution < 1.29 is 0 Å². The minimum atomic E-state index is 1.08. The number of hydrogen-bond acceptors (Lipinski definition) is 0. The molecule has 0 aliphatic carbocycles. The third-order valence-electron chi connectivity index (χ3n) is 1.22. The van der Waals surface area contributed by atoms with Crippen LogP contribution < -0.4 is 0 Å². The molecule has 0 unspecified atom stereocenters. The van der Waals surface area contributed by atoms with Gasteiger partial charge in [-0.3, -0.25) is 6.08 Å². The van der Waals surface area contributed by atoms with Crippen molar-refractivity contribution in [3.8, 4) is 0 Å². The fourth-order valence-electron chi connectivity index (χ4n) is 0.689. The van der Waals surface area contributed by atoms with E-state index in [4.69, 9.17) is 6.58 Å². The lowest BCUT2D eigenvalue weighted by Crippen LogP contribution is -1.71. The van der Waals surface area contributed by atoms with Crippen molar-refractivity contribution in [2.24, 2.45) is 0 Å². The number of rotatable bonds is 5. The van der Waals surface area contributed by atoms with Gasteiger partial charge in [0.1, 0.15) is 0 Å². The van der Waals surface area contributed by atoms with E-state index in [0.717, 1.165) is 6.42 Å². The number of hydrogen-bond donors (Lipinski definition) is 0. The Balaban J connectivity index is 2.62. The SMILES string of the molecule is [CH-]=CCCCCCC. The van der Waals surface area contributed by atoms with Gasteiger partial charge in [0.15, 0.2) is 0 Å². The Hall–Kier alpha value is -0.260. The van der Waals surface area contributed by atoms with Crippen LogP contribution in [0.15, 0.2) is 6.08 Å². The molecule has 48 valence electrons. The molecule has 0 nitrogen and oxygen atoms in total. The Kier molecular flexibility index (Phi) is 6.52. The quantitative estimate of drug-likeness (QED) is 0.378. The van der Waals surface area contributed by atoms with Crippen molar-refractivity contribution in [1.82, 2.24) is 0 Å². The topological polar surface area (TPSA) is 0 Å². The maximum absolute atomic E-state index is 5.19. The van der Waals surface area contributed by atoms with E-state index >= 15 is 0 Å². The summed E-state index contributed by atoms with van der Waals surface area (Å²) in [6.45, 7) is 7.40. The fourth-order valence-corrected chi connectivity index (χ4v) is 0.689. The molecule has 0 N–H and O–H groups in total. The van der Waals surface area contributed by atoms with Gasteiger partial charge in [0.05, 0.1) is 0 Å². The summed E-state index contributed by atoms with van der Waals surface area (Å²) in [7, 11) is 0. The first-order valence-corrected chi connectivity index (χ1v) is 3.45. The van der Waals surface area contributed by atoms with Gasteiger partial charge in [0.25, 0.3) is 0 Å². The summed E-state index contributed by atoms with van der Waals surface area (Å²) < 4.78 is 0. The van der Waals surface area contributed by atoms with Crippen LogP contribution in [0.1, 0.15) is 39.0 Å². The van der Waals surface area contributed by atoms with E-state index in [9.17, 15) is 0 Å². The highest BCUT2D eigenvalue weighted by atomic mass is 13.9. The Labute approximate surface area is 52.6 Å². The highest BCUT2D eigenvalue weighted by Gasteiger charge is 1.80. The van der Waals surface area contributed by atoms with Crippen LogP contribution in [0.4, 0.5) is 0 Å². The average molecular weight is 111 g/mol. The molecule has 0 rings (SSSR count). The van der Waals surface area contributed by atoms with Gasteiger partial charge in [0.2, 0.25) is 0 Å². The van der Waals surface area contributed by atoms with Gasteiger partial charge >= 0.3 is 0 Å². The first kappa shape index (κ1) is 7.74. The van der Waals surface area contributed by atoms with Gasteiger partial charge in [-0.25, -0.2) is 0 Å². The fraction of sp³-hybridized carbons (Fsp3) is 0.750. The molecule has 0 bridgehead atoms. The molecular weight excluding hydrogens is 96.1 g/mol. The highest BCUT2D eigenvalue weighted by molar-refractivity contribution is 4.61. The monoisotopic (exact) mass is 111 g/mol. The summed E-state index contributed by atoms with van der Waals surface area (Å²) in [5, 5.41) is 0. The lowest BCUT2D eigenvalue weighted by Gasteiger charge is -1.94. The van der Waals surface area contributed by atoms with E-state index < -0.39 is 0 Å². The second-order valence-corrected chi connectivity index (χ2v) is 2.09. The summed E-state index contributed by atoms with van der Waals surface area (Å²) >= 11 is 0. The summed E-state index contributed by atoms with van der Waals surface area (Å²) in [6, 6.07) is 0. The number of allylic oxidation sites excluding steroid dienone is 1. The first-order valence-electron chi connectivity index (χ1n) is 3.45. The molecule has 0 atom stereocenters. The van der Waals surface area contributed by atoms with Crippen LogP contribution in [0.2, 0.25) is 0 Å². The second kappa shape index (κ2) is 6.74. The predicted molar refractivity (Wildman–Crippen MR) is 37.6 cm³/mol. The van der Waals surface area contributed by atoms with Crippen molar-refractivity contribution in [2.45, 2.75) is 39.0 Å². The zero-order valence-corrected chi connectivity index (χ0v) is 5.69. The van der Waals surface area contributed by atoms with Crippen molar-refractivity contribution in [3.63, 3.8) is 0 Å². The minimum Gasteiger partial charge on any atom is -0.518 e. The third-order valence-corrected chi connectivity index (χ3v) is 1.22. The molecule has 0 aliphatic heterocycles. The molecule has 0 aliphatic rings. The Morgan fingerprint density at radius 2 is 2.00 bits per heavy atom. The highest BCUT2D eigenvalue weighted by Crippen LogP contribution is 2.01. The van der Waals surface area contributed by atoms with Crippen molar-refractivity contribution in [2.75, 3.05) is 0 Å². The summed E-state index contributed by atoms with van der Waals surface area (Å²) in [4.78, 5) is 0. The largest absolute Gasteiger partial charge is 0.518 e. The first-order chi connectivity index (χ1) is 3.91. The zero-order chi connectivity index (χ0) is 6.24. The molecule has 0 saturated heterocycles. The molecule has 0 heterocycles. The molecule has 0 aromatic heterocycles. The normalized spacial score (nSPS) is 9.12. The zero-order valence-electron chi connectivity index (χ0n) is 5.69. The van der Waals surface area contributed by atoms with Gasteiger partial charge < -0.3 is 6.58 Å². The van der Waals surface area contributed by atoms with Crippen molar-refractivity contribution in [1.29, 1.82) is 0 Å². The van der Waals surface area contributed by atoms with E-state index in [1.54, 1.807) is 6.08 Å². The predicted octanol–water partition coefficient (Wildman–Crippen LogP) is 2.95. The molecule has 0 spiro atoms. The average Bonchev–Trinajstić information content (AvgIpc) is 1.81. The maximum atomic E-state index is 5.19. The van der Waals surface area contributed by atoms with Crippen LogP contribution in [0.3, 0.4) is 0 Å².